The van der Waals surface area contributed by atoms with Crippen molar-refractivity contribution >= 4 is 27.5 Å². The average Bonchev–Trinajstić information content (AvgIpc) is 2.57. The normalized spacial score (nSPS) is 11.5. The Morgan fingerprint density at radius 3 is 2.35 bits per heavy atom. The lowest BCUT2D eigenvalue weighted by Gasteiger charge is -2.20. The van der Waals surface area contributed by atoms with Crippen LogP contribution in [0.4, 0.5) is 4.39 Å². The van der Waals surface area contributed by atoms with E-state index in [9.17, 15) is 17.6 Å². The highest BCUT2D eigenvalue weighted by Crippen LogP contribution is 2.18. The second kappa shape index (κ2) is 9.12. The highest BCUT2D eigenvalue weighted by molar-refractivity contribution is 7.88. The van der Waals surface area contributed by atoms with Gasteiger partial charge in [-0.2, -0.15) is 4.31 Å². The summed E-state index contributed by atoms with van der Waals surface area (Å²) in [5, 5.41) is 3.05. The lowest BCUT2D eigenvalue weighted by Crippen LogP contribution is -2.40. The zero-order chi connectivity index (χ0) is 19.2. The zero-order valence-electron chi connectivity index (χ0n) is 14.3. The van der Waals surface area contributed by atoms with E-state index in [1.165, 1.54) is 6.07 Å². The van der Waals surface area contributed by atoms with Crippen molar-refractivity contribution in [2.45, 2.75) is 13.0 Å². The van der Waals surface area contributed by atoms with Gasteiger partial charge >= 0.3 is 0 Å². The molecule has 0 aromatic heterocycles. The Balaban J connectivity index is 1.94. The first-order valence-corrected chi connectivity index (χ1v) is 10.2. The minimum Gasteiger partial charge on any atom is -0.355 e. The number of nitrogens with one attached hydrogen (secondary N) is 1. The first-order chi connectivity index (χ1) is 12.3. The first kappa shape index (κ1) is 20.4. The lowest BCUT2D eigenvalue weighted by molar-refractivity contribution is -0.121. The molecule has 0 heterocycles. The maximum Gasteiger partial charge on any atom is 0.235 e. The van der Waals surface area contributed by atoms with E-state index in [0.717, 1.165) is 10.6 Å². The van der Waals surface area contributed by atoms with Gasteiger partial charge in [-0.1, -0.05) is 48.0 Å². The molecule has 8 heteroatoms. The summed E-state index contributed by atoms with van der Waals surface area (Å²) in [4.78, 5) is 12.1. The van der Waals surface area contributed by atoms with Crippen molar-refractivity contribution in [3.63, 3.8) is 0 Å². The van der Waals surface area contributed by atoms with Gasteiger partial charge in [0.1, 0.15) is 5.82 Å². The van der Waals surface area contributed by atoms with Gasteiger partial charge in [0.2, 0.25) is 15.9 Å². The van der Waals surface area contributed by atoms with Gasteiger partial charge in [-0.15, -0.1) is 0 Å². The molecule has 2 aromatic rings. The number of benzene rings is 2. The molecule has 0 saturated carbocycles. The second-order valence-electron chi connectivity index (χ2n) is 5.81. The number of hydrogen-bond donors (Lipinski definition) is 1. The zero-order valence-corrected chi connectivity index (χ0v) is 15.9. The van der Waals surface area contributed by atoms with Crippen LogP contribution in [0.15, 0.2) is 48.5 Å². The molecule has 0 fully saturated rings. The number of carbonyl (C=O) groups excluding carboxylic acids is 1. The molecule has 0 unspecified atom stereocenters. The standard InChI is InChI=1S/C18H20ClFN2O3S/c1-26(24,25)22(12-15-7-2-4-8-16(15)19)13-18(23)21-11-10-14-6-3-5-9-17(14)20/h2-9H,10-13H2,1H3,(H,21,23). The van der Waals surface area contributed by atoms with E-state index in [1.807, 2.05) is 0 Å². The Hall–Kier alpha value is -1.96. The quantitative estimate of drug-likeness (QED) is 0.743. The number of amides is 1. The fourth-order valence-corrected chi connectivity index (χ4v) is 3.28. The Kier molecular flexibility index (Phi) is 7.14. The van der Waals surface area contributed by atoms with Crippen LogP contribution in [0.25, 0.3) is 0 Å². The number of hydrogen-bond acceptors (Lipinski definition) is 3. The monoisotopic (exact) mass is 398 g/mol. The minimum absolute atomic E-state index is 0.000754. The summed E-state index contributed by atoms with van der Waals surface area (Å²) in [6, 6.07) is 13.2. The van der Waals surface area contributed by atoms with Crippen LogP contribution in [0, 0.1) is 5.82 Å². The molecule has 0 aliphatic carbocycles. The Labute approximate surface area is 157 Å². The molecular formula is C18H20ClFN2O3S. The van der Waals surface area contributed by atoms with Crippen molar-refractivity contribution in [3.05, 3.63) is 70.5 Å². The third-order valence-corrected chi connectivity index (χ3v) is 5.33. The smallest absolute Gasteiger partial charge is 0.235 e. The fourth-order valence-electron chi connectivity index (χ4n) is 2.36. The van der Waals surface area contributed by atoms with E-state index in [-0.39, 0.29) is 25.5 Å². The van der Waals surface area contributed by atoms with Gasteiger partial charge < -0.3 is 5.32 Å². The Morgan fingerprint density at radius 1 is 1.12 bits per heavy atom. The molecule has 0 radical (unpaired) electrons. The third-order valence-electron chi connectivity index (χ3n) is 3.77. The van der Waals surface area contributed by atoms with Crippen molar-refractivity contribution in [3.8, 4) is 0 Å². The Morgan fingerprint density at radius 2 is 1.73 bits per heavy atom. The maximum absolute atomic E-state index is 13.5. The fraction of sp³-hybridized carbons (Fsp3) is 0.278. The minimum atomic E-state index is -3.60. The summed E-state index contributed by atoms with van der Waals surface area (Å²) in [7, 11) is -3.60. The maximum atomic E-state index is 13.5. The van der Waals surface area contributed by atoms with E-state index in [4.69, 9.17) is 11.6 Å². The number of nitrogens with zero attached hydrogens (tertiary/aromatic N) is 1. The van der Waals surface area contributed by atoms with Gasteiger partial charge in [-0.3, -0.25) is 4.79 Å². The number of carbonyl (C=O) groups is 1. The highest BCUT2D eigenvalue weighted by Gasteiger charge is 2.21. The molecule has 26 heavy (non-hydrogen) atoms. The van der Waals surface area contributed by atoms with Gasteiger partial charge in [0.15, 0.2) is 0 Å². The number of rotatable bonds is 8. The predicted molar refractivity (Wildman–Crippen MR) is 99.8 cm³/mol. The van der Waals surface area contributed by atoms with Crippen molar-refractivity contribution in [2.75, 3.05) is 19.3 Å². The van der Waals surface area contributed by atoms with Gasteiger partial charge in [0, 0.05) is 18.1 Å². The van der Waals surface area contributed by atoms with Crippen LogP contribution in [-0.2, 0) is 27.8 Å². The molecular weight excluding hydrogens is 379 g/mol. The third kappa shape index (κ3) is 6.09. The van der Waals surface area contributed by atoms with Crippen molar-refractivity contribution in [1.29, 1.82) is 0 Å². The molecule has 1 N–H and O–H groups in total. The van der Waals surface area contributed by atoms with Crippen molar-refractivity contribution in [1.82, 2.24) is 9.62 Å². The highest BCUT2D eigenvalue weighted by atomic mass is 35.5. The van der Waals surface area contributed by atoms with Crippen LogP contribution < -0.4 is 5.32 Å². The SMILES string of the molecule is CS(=O)(=O)N(CC(=O)NCCc1ccccc1F)Cc1ccccc1Cl. The van der Waals surface area contributed by atoms with E-state index >= 15 is 0 Å². The largest absolute Gasteiger partial charge is 0.355 e. The first-order valence-electron chi connectivity index (χ1n) is 7.96. The molecule has 0 atom stereocenters. The van der Waals surface area contributed by atoms with Crippen molar-refractivity contribution in [2.24, 2.45) is 0 Å². The summed E-state index contributed by atoms with van der Waals surface area (Å²) < 4.78 is 38.5. The molecule has 2 rings (SSSR count). The van der Waals surface area contributed by atoms with Gasteiger partial charge in [0.05, 0.1) is 12.8 Å². The van der Waals surface area contributed by atoms with Gasteiger partial charge in [-0.05, 0) is 29.7 Å². The molecule has 0 spiro atoms. The molecule has 0 bridgehead atoms. The summed E-state index contributed by atoms with van der Waals surface area (Å²) in [5.74, 6) is -0.794. The lowest BCUT2D eigenvalue weighted by atomic mass is 10.1. The van der Waals surface area contributed by atoms with Crippen LogP contribution in [-0.4, -0.2) is 38.0 Å². The molecule has 0 aliphatic heterocycles. The average molecular weight is 399 g/mol. The summed E-state index contributed by atoms with van der Waals surface area (Å²) in [6.07, 6.45) is 1.36. The van der Waals surface area contributed by atoms with E-state index < -0.39 is 15.9 Å². The number of sulfonamides is 1. The Bertz CT molecular complexity index is 874. The van der Waals surface area contributed by atoms with Crippen LogP contribution in [0.1, 0.15) is 11.1 Å². The molecule has 0 saturated heterocycles. The molecule has 140 valence electrons. The van der Waals surface area contributed by atoms with Crippen molar-refractivity contribution < 1.29 is 17.6 Å². The molecule has 0 aliphatic rings. The van der Waals surface area contributed by atoms with Gasteiger partial charge in [-0.25, -0.2) is 12.8 Å². The van der Waals surface area contributed by atoms with Crippen LogP contribution in [0.2, 0.25) is 5.02 Å². The van der Waals surface area contributed by atoms with E-state index in [2.05, 4.69) is 5.32 Å². The predicted octanol–water partition coefficient (Wildman–Crippen LogP) is 2.60. The number of halogens is 2. The van der Waals surface area contributed by atoms with Crippen LogP contribution >= 0.6 is 11.6 Å². The summed E-state index contributed by atoms with van der Waals surface area (Å²) in [5.41, 5.74) is 1.10. The summed E-state index contributed by atoms with van der Waals surface area (Å²) >= 11 is 6.06. The second-order valence-corrected chi connectivity index (χ2v) is 8.20. The summed E-state index contributed by atoms with van der Waals surface area (Å²) in [6.45, 7) is -0.121. The topological polar surface area (TPSA) is 66.5 Å². The van der Waals surface area contributed by atoms with E-state index in [0.29, 0.717) is 22.6 Å². The molecule has 2 aromatic carbocycles. The van der Waals surface area contributed by atoms with Crippen LogP contribution in [0.3, 0.4) is 0 Å². The van der Waals surface area contributed by atoms with Gasteiger partial charge in [0.25, 0.3) is 0 Å². The van der Waals surface area contributed by atoms with Crippen LogP contribution in [0.5, 0.6) is 0 Å². The molecule has 1 amide bonds. The van der Waals surface area contributed by atoms with E-state index in [1.54, 1.807) is 42.5 Å². The molecule has 5 nitrogen and oxygen atoms in total.